The summed E-state index contributed by atoms with van der Waals surface area (Å²) in [5.74, 6) is 1.32. The molecule has 4 rings (SSSR count). The average Bonchev–Trinajstić information content (AvgIpc) is 3.45. The van der Waals surface area contributed by atoms with Crippen LogP contribution in [0.2, 0.25) is 0 Å². The van der Waals surface area contributed by atoms with Crippen LogP contribution in [-0.2, 0) is 4.79 Å². The summed E-state index contributed by atoms with van der Waals surface area (Å²) in [6.07, 6.45) is 2.93. The number of piperidine rings is 1. The minimum absolute atomic E-state index is 0.0515. The first-order valence-electron chi connectivity index (χ1n) is 9.77. The van der Waals surface area contributed by atoms with Crippen molar-refractivity contribution in [1.82, 2.24) is 4.98 Å². The summed E-state index contributed by atoms with van der Waals surface area (Å²) in [6.45, 7) is 3.88. The summed E-state index contributed by atoms with van der Waals surface area (Å²) in [5.41, 5.74) is 1.16. The van der Waals surface area contributed by atoms with Gasteiger partial charge in [0.2, 0.25) is 17.5 Å². The van der Waals surface area contributed by atoms with Gasteiger partial charge in [0.15, 0.2) is 5.76 Å². The van der Waals surface area contributed by atoms with E-state index < -0.39 is 0 Å². The molecular formula is C22H22N4O3. The number of carbonyl (C=O) groups excluding carboxylic acids is 1. The maximum Gasteiger partial charge on any atom is 0.266 e. The van der Waals surface area contributed by atoms with E-state index in [0.717, 1.165) is 5.69 Å². The normalized spacial score (nSPS) is 14.6. The van der Waals surface area contributed by atoms with Gasteiger partial charge in [-0.15, -0.1) is 0 Å². The molecule has 0 N–H and O–H groups in total. The fraction of sp³-hybridized carbons (Fsp3) is 0.318. The first-order chi connectivity index (χ1) is 14.2. The Balaban J connectivity index is 1.46. The third-order valence-corrected chi connectivity index (χ3v) is 5.23. The number of nitrogens with zero attached hydrogens (tertiary/aromatic N) is 4. The van der Waals surface area contributed by atoms with Crippen LogP contribution in [0.3, 0.4) is 0 Å². The molecule has 0 unspecified atom stereocenters. The second-order valence-electron chi connectivity index (χ2n) is 6.94. The Morgan fingerprint density at radius 3 is 2.62 bits per heavy atom. The Kier molecular flexibility index (Phi) is 5.34. The molecule has 0 saturated carbocycles. The van der Waals surface area contributed by atoms with Gasteiger partial charge < -0.3 is 18.6 Å². The lowest BCUT2D eigenvalue weighted by Gasteiger charge is -2.33. The third-order valence-electron chi connectivity index (χ3n) is 5.23. The van der Waals surface area contributed by atoms with Crippen molar-refractivity contribution in [3.8, 4) is 17.7 Å². The number of carbonyl (C=O) groups is 1. The maximum atomic E-state index is 13.1. The summed E-state index contributed by atoms with van der Waals surface area (Å²) >= 11 is 0. The lowest BCUT2D eigenvalue weighted by molar-refractivity contribution is -0.122. The van der Waals surface area contributed by atoms with Crippen molar-refractivity contribution < 1.29 is 13.6 Å². The number of anilines is 2. The molecule has 7 nitrogen and oxygen atoms in total. The van der Waals surface area contributed by atoms with Gasteiger partial charge in [-0.25, -0.2) is 0 Å². The zero-order chi connectivity index (χ0) is 20.2. The first kappa shape index (κ1) is 18.8. The van der Waals surface area contributed by atoms with Crippen LogP contribution in [0.4, 0.5) is 11.6 Å². The second kappa shape index (κ2) is 8.23. The highest BCUT2D eigenvalue weighted by molar-refractivity contribution is 5.95. The number of para-hydroxylation sites is 1. The quantitative estimate of drug-likeness (QED) is 0.652. The molecule has 0 aliphatic carbocycles. The van der Waals surface area contributed by atoms with Crippen LogP contribution in [0, 0.1) is 17.2 Å². The first-order valence-corrected chi connectivity index (χ1v) is 9.77. The van der Waals surface area contributed by atoms with Gasteiger partial charge in [0.25, 0.3) is 5.89 Å². The average molecular weight is 390 g/mol. The number of oxazole rings is 1. The number of hydrogen-bond donors (Lipinski definition) is 0. The fourth-order valence-corrected chi connectivity index (χ4v) is 3.73. The van der Waals surface area contributed by atoms with E-state index in [9.17, 15) is 10.1 Å². The SMILES string of the molecule is CCN(C(=O)C1CCN(c2oc(-c3ccco3)nc2C#N)CC1)c1ccccc1. The molecule has 148 valence electrons. The van der Waals surface area contributed by atoms with Crippen molar-refractivity contribution in [1.29, 1.82) is 5.26 Å². The zero-order valence-electron chi connectivity index (χ0n) is 16.2. The largest absolute Gasteiger partial charge is 0.459 e. The third kappa shape index (κ3) is 3.74. The predicted octanol–water partition coefficient (Wildman–Crippen LogP) is 4.08. The summed E-state index contributed by atoms with van der Waals surface area (Å²) < 4.78 is 11.1. The standard InChI is InChI=1S/C22H22N4O3/c1-2-26(17-7-4-3-5-8-17)21(27)16-10-12-25(13-11-16)22-18(15-23)24-20(29-22)19-9-6-14-28-19/h3-9,14,16H,2,10-13H2,1H3. The van der Waals surface area contributed by atoms with E-state index in [-0.39, 0.29) is 17.5 Å². The monoisotopic (exact) mass is 390 g/mol. The number of amides is 1. The molecule has 1 amide bonds. The maximum absolute atomic E-state index is 13.1. The molecule has 1 saturated heterocycles. The van der Waals surface area contributed by atoms with Gasteiger partial charge in [-0.1, -0.05) is 18.2 Å². The van der Waals surface area contributed by atoms with Gasteiger partial charge in [0, 0.05) is 31.2 Å². The predicted molar refractivity (Wildman–Crippen MR) is 108 cm³/mol. The number of furan rings is 1. The van der Waals surface area contributed by atoms with Crippen LogP contribution in [0.25, 0.3) is 11.7 Å². The Bertz CT molecular complexity index is 997. The number of nitriles is 1. The van der Waals surface area contributed by atoms with Crippen molar-refractivity contribution >= 4 is 17.5 Å². The summed E-state index contributed by atoms with van der Waals surface area (Å²) in [7, 11) is 0. The van der Waals surface area contributed by atoms with Crippen LogP contribution in [-0.4, -0.2) is 30.5 Å². The van der Waals surface area contributed by atoms with Crippen molar-refractivity contribution in [2.45, 2.75) is 19.8 Å². The van der Waals surface area contributed by atoms with Crippen LogP contribution in [0.15, 0.2) is 57.6 Å². The van der Waals surface area contributed by atoms with Gasteiger partial charge >= 0.3 is 0 Å². The molecule has 0 spiro atoms. The van der Waals surface area contributed by atoms with E-state index in [1.165, 1.54) is 6.26 Å². The van der Waals surface area contributed by atoms with Gasteiger partial charge in [0.1, 0.15) is 6.07 Å². The molecule has 7 heteroatoms. The van der Waals surface area contributed by atoms with Crippen LogP contribution < -0.4 is 9.80 Å². The molecule has 3 heterocycles. The van der Waals surface area contributed by atoms with Gasteiger partial charge in [0.05, 0.1) is 6.26 Å². The van der Waals surface area contributed by atoms with Gasteiger partial charge in [-0.2, -0.15) is 10.2 Å². The molecule has 2 aromatic heterocycles. The number of aromatic nitrogens is 1. The molecule has 3 aromatic rings. The highest BCUT2D eigenvalue weighted by Crippen LogP contribution is 2.32. The van der Waals surface area contributed by atoms with E-state index in [1.54, 1.807) is 12.1 Å². The van der Waals surface area contributed by atoms with Crippen LogP contribution in [0.1, 0.15) is 25.5 Å². The lowest BCUT2D eigenvalue weighted by Crippen LogP contribution is -2.42. The molecule has 1 aliphatic rings. The number of hydrogen-bond acceptors (Lipinski definition) is 6. The molecule has 1 fully saturated rings. The van der Waals surface area contributed by atoms with E-state index >= 15 is 0 Å². The van der Waals surface area contributed by atoms with E-state index in [1.807, 2.05) is 47.1 Å². The molecule has 0 bridgehead atoms. The number of rotatable bonds is 5. The summed E-state index contributed by atoms with van der Waals surface area (Å²) in [6, 6.07) is 15.3. The number of benzene rings is 1. The fourth-order valence-electron chi connectivity index (χ4n) is 3.73. The molecule has 1 aliphatic heterocycles. The Morgan fingerprint density at radius 2 is 2.00 bits per heavy atom. The van der Waals surface area contributed by atoms with Crippen molar-refractivity contribution in [3.05, 3.63) is 54.4 Å². The van der Waals surface area contributed by atoms with Crippen molar-refractivity contribution in [2.24, 2.45) is 5.92 Å². The van der Waals surface area contributed by atoms with E-state index in [4.69, 9.17) is 8.83 Å². The molecule has 0 atom stereocenters. The molecule has 1 aromatic carbocycles. The minimum atomic E-state index is -0.0515. The Labute approximate surface area is 169 Å². The summed E-state index contributed by atoms with van der Waals surface area (Å²) in [5, 5.41) is 9.44. The highest BCUT2D eigenvalue weighted by atomic mass is 16.4. The smallest absolute Gasteiger partial charge is 0.266 e. The van der Waals surface area contributed by atoms with Gasteiger partial charge in [-0.05, 0) is 44.0 Å². The van der Waals surface area contributed by atoms with Gasteiger partial charge in [-0.3, -0.25) is 4.79 Å². The Hall–Kier alpha value is -3.53. The van der Waals surface area contributed by atoms with Crippen LogP contribution >= 0.6 is 0 Å². The molecular weight excluding hydrogens is 368 g/mol. The Morgan fingerprint density at radius 1 is 1.24 bits per heavy atom. The topological polar surface area (TPSA) is 86.5 Å². The second-order valence-corrected chi connectivity index (χ2v) is 6.94. The van der Waals surface area contributed by atoms with Crippen molar-refractivity contribution in [2.75, 3.05) is 29.4 Å². The highest BCUT2D eigenvalue weighted by Gasteiger charge is 2.31. The summed E-state index contributed by atoms with van der Waals surface area (Å²) in [4.78, 5) is 21.1. The molecule has 0 radical (unpaired) electrons. The molecule has 29 heavy (non-hydrogen) atoms. The lowest BCUT2D eigenvalue weighted by atomic mass is 9.95. The van der Waals surface area contributed by atoms with Crippen LogP contribution in [0.5, 0.6) is 0 Å². The van der Waals surface area contributed by atoms with E-state index in [2.05, 4.69) is 11.1 Å². The minimum Gasteiger partial charge on any atom is -0.459 e. The van der Waals surface area contributed by atoms with E-state index in [0.29, 0.717) is 50.0 Å². The zero-order valence-corrected chi connectivity index (χ0v) is 16.2. The van der Waals surface area contributed by atoms with Crippen molar-refractivity contribution in [3.63, 3.8) is 0 Å².